The molecule has 0 atom stereocenters. The van der Waals surface area contributed by atoms with E-state index in [-0.39, 0.29) is 45.2 Å². The number of aryl methyl sites for hydroxylation is 1. The second-order valence-electron chi connectivity index (χ2n) is 3.19. The van der Waals surface area contributed by atoms with Gasteiger partial charge >= 0.3 is 0 Å². The predicted molar refractivity (Wildman–Crippen MR) is 62.3 cm³/mol. The maximum absolute atomic E-state index is 11.4. The van der Waals surface area contributed by atoms with Crippen molar-refractivity contribution in [2.24, 2.45) is 0 Å². The molecular formula is C12H17N2O2Y-. The first-order chi connectivity index (χ1) is 7.77. The summed E-state index contributed by atoms with van der Waals surface area (Å²) in [6.07, 6.45) is 1.71. The number of carbonyl (C=O) groups excluding carboxylic acids is 1. The van der Waals surface area contributed by atoms with Crippen molar-refractivity contribution in [3.63, 3.8) is 0 Å². The summed E-state index contributed by atoms with van der Waals surface area (Å²) in [6, 6.07) is 4.76. The third-order valence-corrected chi connectivity index (χ3v) is 2.08. The van der Waals surface area contributed by atoms with Crippen LogP contribution in [0.4, 0.5) is 5.82 Å². The minimum atomic E-state index is -0.0407. The zero-order valence-corrected chi connectivity index (χ0v) is 13.4. The maximum Gasteiger partial charge on any atom is 0.243 e. The molecule has 1 aromatic rings. The van der Waals surface area contributed by atoms with Crippen molar-refractivity contribution in [2.45, 2.75) is 20.8 Å². The average molecular weight is 310 g/mol. The summed E-state index contributed by atoms with van der Waals surface area (Å²) >= 11 is 0. The maximum atomic E-state index is 11.4. The Morgan fingerprint density at radius 3 is 2.71 bits per heavy atom. The molecule has 4 nitrogen and oxygen atoms in total. The number of anilines is 1. The van der Waals surface area contributed by atoms with Crippen molar-refractivity contribution in [3.8, 4) is 0 Å². The molecule has 1 fully saturated rings. The van der Waals surface area contributed by atoms with Gasteiger partial charge in [-0.05, 0) is 0 Å². The Bertz CT molecular complexity index is 341. The number of carbonyl (C=O) groups is 1. The van der Waals surface area contributed by atoms with Crippen molar-refractivity contribution < 1.29 is 42.2 Å². The van der Waals surface area contributed by atoms with Crippen LogP contribution in [0.2, 0.25) is 0 Å². The van der Waals surface area contributed by atoms with Crippen LogP contribution < -0.4 is 4.90 Å². The topological polar surface area (TPSA) is 42.4 Å². The minimum absolute atomic E-state index is 0. The van der Waals surface area contributed by atoms with Crippen molar-refractivity contribution in [1.82, 2.24) is 4.98 Å². The molecule has 0 aromatic carbocycles. The van der Waals surface area contributed by atoms with Gasteiger partial charge in [-0.1, -0.05) is 27.0 Å². The number of pyridine rings is 1. The van der Waals surface area contributed by atoms with Crippen molar-refractivity contribution in [2.75, 3.05) is 24.7 Å². The number of nitrogens with zero attached hydrogens (tertiary/aromatic N) is 2. The largest absolute Gasteiger partial charge is 0.370 e. The molecule has 0 unspecified atom stereocenters. The number of rotatable bonds is 1. The molecule has 1 radical (unpaired) electrons. The second kappa shape index (κ2) is 8.73. The molecule has 0 bridgehead atoms. The molecule has 17 heavy (non-hydrogen) atoms. The zero-order valence-electron chi connectivity index (χ0n) is 10.6. The van der Waals surface area contributed by atoms with E-state index in [4.69, 9.17) is 4.74 Å². The Morgan fingerprint density at radius 2 is 2.18 bits per heavy atom. The number of hydrogen-bond donors (Lipinski definition) is 0. The molecule has 1 aliphatic rings. The first kappa shape index (κ1) is 16.7. The van der Waals surface area contributed by atoms with Crippen LogP contribution in [-0.4, -0.2) is 30.6 Å². The fraction of sp³-hybridized carbons (Fsp3) is 0.500. The normalized spacial score (nSPS) is 14.5. The van der Waals surface area contributed by atoms with E-state index in [1.807, 2.05) is 20.8 Å². The van der Waals surface area contributed by atoms with Gasteiger partial charge in [-0.2, -0.15) is 6.07 Å². The summed E-state index contributed by atoms with van der Waals surface area (Å²) in [5.74, 6) is 0.616. The molecule has 1 saturated heterocycles. The van der Waals surface area contributed by atoms with Crippen LogP contribution in [0.1, 0.15) is 19.4 Å². The second-order valence-corrected chi connectivity index (χ2v) is 3.19. The van der Waals surface area contributed by atoms with E-state index in [9.17, 15) is 4.79 Å². The van der Waals surface area contributed by atoms with Crippen LogP contribution >= 0.6 is 0 Å². The molecule has 2 rings (SSSR count). The molecule has 0 N–H and O–H groups in total. The van der Waals surface area contributed by atoms with Crippen LogP contribution in [0, 0.1) is 13.0 Å². The smallest absolute Gasteiger partial charge is 0.243 e. The van der Waals surface area contributed by atoms with Gasteiger partial charge in [0.1, 0.15) is 6.61 Å². The Hall–Kier alpha value is -0.316. The van der Waals surface area contributed by atoms with Crippen LogP contribution in [-0.2, 0) is 42.2 Å². The summed E-state index contributed by atoms with van der Waals surface area (Å²) in [4.78, 5) is 17.2. The summed E-state index contributed by atoms with van der Waals surface area (Å²) in [5.41, 5.74) is 0.967. The van der Waals surface area contributed by atoms with Gasteiger partial charge in [0, 0.05) is 45.1 Å². The van der Waals surface area contributed by atoms with E-state index in [0.717, 1.165) is 5.56 Å². The number of ether oxygens (including phenoxy) is 1. The monoisotopic (exact) mass is 310 g/mol. The van der Waals surface area contributed by atoms with Gasteiger partial charge in [0.15, 0.2) is 0 Å². The van der Waals surface area contributed by atoms with E-state index in [1.165, 1.54) is 0 Å². The number of hydrogen-bond acceptors (Lipinski definition) is 3. The quantitative estimate of drug-likeness (QED) is 0.740. The van der Waals surface area contributed by atoms with Gasteiger partial charge < -0.3 is 14.6 Å². The number of morpholine rings is 1. The van der Waals surface area contributed by atoms with E-state index in [1.54, 1.807) is 17.2 Å². The molecule has 1 amide bonds. The average Bonchev–Trinajstić information content (AvgIpc) is 2.34. The molecule has 2 heterocycles. The van der Waals surface area contributed by atoms with Crippen molar-refractivity contribution in [1.29, 1.82) is 0 Å². The standard InChI is InChI=1S/C10H11N2O2.C2H6.Y/c1-8-2-3-9(11-6-8)12-4-5-14-7-10(12)13;1-2;/h3,6H,4-5,7H2,1H3;1-2H3;/q-1;;. The SMILES string of the molecule is CC.Cc1[c-]cc(N2CCOCC2=O)nc1.[Y]. The summed E-state index contributed by atoms with van der Waals surface area (Å²) in [5, 5.41) is 0. The van der Waals surface area contributed by atoms with E-state index >= 15 is 0 Å². The van der Waals surface area contributed by atoms with Crippen molar-refractivity contribution in [3.05, 3.63) is 23.9 Å². The fourth-order valence-electron chi connectivity index (χ4n) is 1.32. The molecule has 0 aliphatic carbocycles. The zero-order chi connectivity index (χ0) is 12.0. The molecule has 0 saturated carbocycles. The third-order valence-electron chi connectivity index (χ3n) is 2.08. The van der Waals surface area contributed by atoms with Crippen LogP contribution in [0.3, 0.4) is 0 Å². The number of amides is 1. The predicted octanol–water partition coefficient (Wildman–Crippen LogP) is 1.58. The van der Waals surface area contributed by atoms with Gasteiger partial charge in [-0.15, -0.1) is 11.6 Å². The summed E-state index contributed by atoms with van der Waals surface area (Å²) in [7, 11) is 0. The van der Waals surface area contributed by atoms with E-state index in [2.05, 4.69) is 11.1 Å². The molecule has 91 valence electrons. The van der Waals surface area contributed by atoms with Crippen LogP contribution in [0.25, 0.3) is 0 Å². The van der Waals surface area contributed by atoms with Gasteiger partial charge in [0.25, 0.3) is 0 Å². The molecular weight excluding hydrogens is 293 g/mol. The molecule has 0 spiro atoms. The molecule has 1 aromatic heterocycles. The first-order valence-corrected chi connectivity index (χ1v) is 5.50. The molecule has 1 aliphatic heterocycles. The van der Waals surface area contributed by atoms with Gasteiger partial charge in [0.2, 0.25) is 5.91 Å². The third kappa shape index (κ3) is 4.82. The summed E-state index contributed by atoms with van der Waals surface area (Å²) < 4.78 is 5.03. The first-order valence-electron chi connectivity index (χ1n) is 5.50. The Kier molecular flexibility index (Phi) is 8.57. The fourth-order valence-corrected chi connectivity index (χ4v) is 1.32. The van der Waals surface area contributed by atoms with Gasteiger partial charge in [0.05, 0.1) is 6.61 Å². The Morgan fingerprint density at radius 1 is 1.47 bits per heavy atom. The Labute approximate surface area is 128 Å². The Balaban J connectivity index is 0.000000811. The van der Waals surface area contributed by atoms with E-state index in [0.29, 0.717) is 19.0 Å². The molecule has 5 heteroatoms. The van der Waals surface area contributed by atoms with Crippen molar-refractivity contribution >= 4 is 11.7 Å². The number of aromatic nitrogens is 1. The van der Waals surface area contributed by atoms with E-state index < -0.39 is 0 Å². The minimum Gasteiger partial charge on any atom is -0.370 e. The van der Waals surface area contributed by atoms with Crippen LogP contribution in [0.5, 0.6) is 0 Å². The summed E-state index contributed by atoms with van der Waals surface area (Å²) in [6.45, 7) is 7.21. The van der Waals surface area contributed by atoms with Crippen LogP contribution in [0.15, 0.2) is 12.3 Å². The van der Waals surface area contributed by atoms with Gasteiger partial charge in [-0.25, -0.2) is 0 Å². The van der Waals surface area contributed by atoms with Gasteiger partial charge in [-0.3, -0.25) is 4.79 Å².